The lowest BCUT2D eigenvalue weighted by Crippen LogP contribution is -2.24. The highest BCUT2D eigenvalue weighted by Gasteiger charge is 2.34. The molecular formula is C36H38N2O2. The third kappa shape index (κ3) is 4.72. The van der Waals surface area contributed by atoms with Crippen LogP contribution in [-0.4, -0.2) is 11.6 Å². The average Bonchev–Trinajstić information content (AvgIpc) is 2.97. The number of carbonyl (C=O) groups is 2. The van der Waals surface area contributed by atoms with Gasteiger partial charge in [-0.25, -0.2) is 0 Å². The van der Waals surface area contributed by atoms with Crippen LogP contribution < -0.4 is 10.6 Å². The van der Waals surface area contributed by atoms with Crippen LogP contribution in [0.25, 0.3) is 0 Å². The third-order valence-corrected chi connectivity index (χ3v) is 8.01. The van der Waals surface area contributed by atoms with E-state index in [2.05, 4.69) is 76.4 Å². The highest BCUT2D eigenvalue weighted by atomic mass is 16.1. The number of nitrogens with one attached hydrogen (secondary N) is 2. The molecule has 0 heterocycles. The van der Waals surface area contributed by atoms with Gasteiger partial charge in [-0.15, -0.1) is 0 Å². The number of benzene rings is 4. The fourth-order valence-corrected chi connectivity index (χ4v) is 6.02. The van der Waals surface area contributed by atoms with Crippen LogP contribution in [-0.2, 0) is 25.7 Å². The van der Waals surface area contributed by atoms with Gasteiger partial charge in [0.05, 0.1) is 22.5 Å². The quantitative estimate of drug-likeness (QED) is 0.210. The van der Waals surface area contributed by atoms with Crippen LogP contribution in [0.2, 0.25) is 0 Å². The summed E-state index contributed by atoms with van der Waals surface area (Å²) in [5.41, 5.74) is 12.4. The Morgan fingerprint density at radius 2 is 0.850 bits per heavy atom. The van der Waals surface area contributed by atoms with Gasteiger partial charge >= 0.3 is 0 Å². The van der Waals surface area contributed by atoms with Crippen LogP contribution in [0.1, 0.15) is 92.9 Å². The summed E-state index contributed by atoms with van der Waals surface area (Å²) < 4.78 is 0. The summed E-state index contributed by atoms with van der Waals surface area (Å²) in [7, 11) is 0. The van der Waals surface area contributed by atoms with Gasteiger partial charge in [0.2, 0.25) is 0 Å². The van der Waals surface area contributed by atoms with E-state index in [1.165, 1.54) is 33.4 Å². The summed E-state index contributed by atoms with van der Waals surface area (Å²) in [6.45, 7) is 12.8. The van der Waals surface area contributed by atoms with Crippen LogP contribution >= 0.6 is 0 Å². The summed E-state index contributed by atoms with van der Waals surface area (Å²) in [6, 6.07) is 19.8. The first-order valence-electron chi connectivity index (χ1n) is 14.4. The summed E-state index contributed by atoms with van der Waals surface area (Å²) in [5, 5.41) is 7.25. The van der Waals surface area contributed by atoms with E-state index in [0.717, 1.165) is 37.1 Å². The Labute approximate surface area is 237 Å². The van der Waals surface area contributed by atoms with Crippen LogP contribution in [0.15, 0.2) is 60.7 Å². The van der Waals surface area contributed by atoms with E-state index in [4.69, 9.17) is 0 Å². The van der Waals surface area contributed by atoms with Gasteiger partial charge in [-0.2, -0.15) is 0 Å². The van der Waals surface area contributed by atoms with Crippen molar-refractivity contribution in [2.75, 3.05) is 10.6 Å². The number of fused-ring (bicyclic) bond motifs is 2. The van der Waals surface area contributed by atoms with E-state index in [1.807, 2.05) is 24.3 Å². The highest BCUT2D eigenvalue weighted by Crippen LogP contribution is 2.41. The molecule has 0 aromatic heterocycles. The molecule has 0 atom stereocenters. The van der Waals surface area contributed by atoms with Crippen LogP contribution in [0.5, 0.6) is 0 Å². The molecule has 4 aromatic carbocycles. The number of hydrogen-bond acceptors (Lipinski definition) is 4. The second-order valence-corrected chi connectivity index (χ2v) is 10.7. The minimum atomic E-state index is -0.130. The van der Waals surface area contributed by atoms with Crippen LogP contribution in [0.3, 0.4) is 0 Å². The molecule has 204 valence electrons. The number of aryl methyl sites for hydroxylation is 6. The van der Waals surface area contributed by atoms with Gasteiger partial charge in [-0.05, 0) is 73.9 Å². The zero-order valence-electron chi connectivity index (χ0n) is 24.4. The highest BCUT2D eigenvalue weighted by molar-refractivity contribution is 6.32. The Hall–Kier alpha value is -4.18. The number of ketones is 2. The maximum absolute atomic E-state index is 14.1. The minimum Gasteiger partial charge on any atom is -0.354 e. The van der Waals surface area contributed by atoms with Gasteiger partial charge in [0.25, 0.3) is 0 Å². The van der Waals surface area contributed by atoms with Crippen molar-refractivity contribution in [2.45, 2.75) is 67.2 Å². The molecule has 40 heavy (non-hydrogen) atoms. The van der Waals surface area contributed by atoms with E-state index in [9.17, 15) is 9.59 Å². The van der Waals surface area contributed by atoms with E-state index < -0.39 is 0 Å². The SMILES string of the molecule is CCc1cc(C)cc(CC)c1Nc1ccc(Nc2c(CC)cc(C)cc2CC)c2c1C(=O)c1ccccc1C2=O. The van der Waals surface area contributed by atoms with E-state index in [1.54, 1.807) is 12.1 Å². The van der Waals surface area contributed by atoms with Crippen molar-refractivity contribution in [1.29, 1.82) is 0 Å². The molecule has 0 amide bonds. The van der Waals surface area contributed by atoms with Crippen molar-refractivity contribution in [2.24, 2.45) is 0 Å². The molecule has 0 spiro atoms. The molecule has 2 N–H and O–H groups in total. The minimum absolute atomic E-state index is 0.130. The van der Waals surface area contributed by atoms with Crippen molar-refractivity contribution in [1.82, 2.24) is 0 Å². The maximum atomic E-state index is 14.1. The Balaban J connectivity index is 1.73. The Morgan fingerprint density at radius 1 is 0.525 bits per heavy atom. The molecule has 4 aromatic rings. The Morgan fingerprint density at radius 3 is 1.15 bits per heavy atom. The van der Waals surface area contributed by atoms with Gasteiger partial charge < -0.3 is 10.6 Å². The topological polar surface area (TPSA) is 58.2 Å². The van der Waals surface area contributed by atoms with Crippen LogP contribution in [0.4, 0.5) is 22.7 Å². The van der Waals surface area contributed by atoms with Gasteiger partial charge in [0, 0.05) is 22.5 Å². The first-order valence-corrected chi connectivity index (χ1v) is 14.4. The molecule has 0 aliphatic heterocycles. The zero-order valence-corrected chi connectivity index (χ0v) is 24.4. The fourth-order valence-electron chi connectivity index (χ4n) is 6.02. The predicted octanol–water partition coefficient (Wildman–Crippen LogP) is 8.82. The molecule has 5 rings (SSSR count). The van der Waals surface area contributed by atoms with E-state index in [0.29, 0.717) is 33.6 Å². The van der Waals surface area contributed by atoms with Crippen molar-refractivity contribution in [3.05, 3.63) is 116 Å². The van der Waals surface area contributed by atoms with Gasteiger partial charge in [-0.1, -0.05) is 87.4 Å². The molecule has 1 aliphatic carbocycles. The molecule has 1 aliphatic rings. The Kier molecular flexibility index (Phi) is 7.62. The first-order chi connectivity index (χ1) is 19.3. The third-order valence-electron chi connectivity index (χ3n) is 8.01. The van der Waals surface area contributed by atoms with Crippen molar-refractivity contribution >= 4 is 34.3 Å². The number of rotatable bonds is 8. The van der Waals surface area contributed by atoms with E-state index >= 15 is 0 Å². The molecule has 0 radical (unpaired) electrons. The summed E-state index contributed by atoms with van der Waals surface area (Å²) >= 11 is 0. The summed E-state index contributed by atoms with van der Waals surface area (Å²) in [5.74, 6) is -0.259. The molecule has 0 saturated carbocycles. The lowest BCUT2D eigenvalue weighted by molar-refractivity contribution is 0.0980. The van der Waals surface area contributed by atoms with Gasteiger partial charge in [-0.3, -0.25) is 9.59 Å². The molecular weight excluding hydrogens is 492 g/mol. The zero-order chi connectivity index (χ0) is 28.6. The van der Waals surface area contributed by atoms with Crippen LogP contribution in [0, 0.1) is 13.8 Å². The lowest BCUT2D eigenvalue weighted by Gasteiger charge is -2.26. The monoisotopic (exact) mass is 530 g/mol. The smallest absolute Gasteiger partial charge is 0.196 e. The predicted molar refractivity (Wildman–Crippen MR) is 166 cm³/mol. The molecule has 4 heteroatoms. The average molecular weight is 531 g/mol. The standard InChI is InChI=1S/C36H38N2O2/c1-7-23-17-21(5)18-24(8-2)33(23)37-29-15-16-30(38-34-25(9-3)19-22(6)20-26(34)10-4)32-31(29)35(39)27-13-11-12-14-28(27)36(32)40/h11-20,37-38H,7-10H2,1-6H3. The van der Waals surface area contributed by atoms with E-state index in [-0.39, 0.29) is 11.6 Å². The largest absolute Gasteiger partial charge is 0.354 e. The molecule has 0 bridgehead atoms. The molecule has 0 fully saturated rings. The van der Waals surface area contributed by atoms with Gasteiger partial charge in [0.15, 0.2) is 11.6 Å². The number of anilines is 4. The normalized spacial score (nSPS) is 12.2. The fraction of sp³-hybridized carbons (Fsp3) is 0.278. The van der Waals surface area contributed by atoms with Crippen molar-refractivity contribution in [3.8, 4) is 0 Å². The van der Waals surface area contributed by atoms with Crippen molar-refractivity contribution < 1.29 is 9.59 Å². The molecule has 0 unspecified atom stereocenters. The second-order valence-electron chi connectivity index (χ2n) is 10.7. The number of hydrogen-bond donors (Lipinski definition) is 2. The molecule has 4 nitrogen and oxygen atoms in total. The van der Waals surface area contributed by atoms with Gasteiger partial charge in [0.1, 0.15) is 0 Å². The summed E-state index contributed by atoms with van der Waals surface area (Å²) in [6.07, 6.45) is 3.45. The maximum Gasteiger partial charge on any atom is 0.196 e. The second kappa shape index (κ2) is 11.1. The molecule has 0 saturated heterocycles. The summed E-state index contributed by atoms with van der Waals surface area (Å²) in [4.78, 5) is 28.2. The number of carbonyl (C=O) groups excluding carboxylic acids is 2. The Bertz CT molecular complexity index is 1480. The lowest BCUT2D eigenvalue weighted by atomic mass is 9.82. The first kappa shape index (κ1) is 27.4. The van der Waals surface area contributed by atoms with Crippen molar-refractivity contribution in [3.63, 3.8) is 0 Å².